The number of nitrogens with one attached hydrogen (secondary N) is 1. The second kappa shape index (κ2) is 6.68. The van der Waals surface area contributed by atoms with Gasteiger partial charge in [0.1, 0.15) is 11.5 Å². The summed E-state index contributed by atoms with van der Waals surface area (Å²) in [6, 6.07) is 3.60. The maximum absolute atomic E-state index is 12.7. The van der Waals surface area contributed by atoms with Crippen LogP contribution in [-0.2, 0) is 0 Å². The van der Waals surface area contributed by atoms with E-state index in [0.29, 0.717) is 34.6 Å². The van der Waals surface area contributed by atoms with Crippen molar-refractivity contribution >= 4 is 17.0 Å². The summed E-state index contributed by atoms with van der Waals surface area (Å²) in [7, 11) is 0. The second-order valence-electron chi connectivity index (χ2n) is 6.33. The minimum atomic E-state index is -0.252. The smallest absolute Gasteiger partial charge is 0.259 e. The molecule has 0 bridgehead atoms. The van der Waals surface area contributed by atoms with E-state index >= 15 is 0 Å². The third kappa shape index (κ3) is 3.28. The van der Waals surface area contributed by atoms with Crippen LogP contribution in [-0.4, -0.2) is 34.3 Å². The summed E-state index contributed by atoms with van der Waals surface area (Å²) < 4.78 is 10.8. The second-order valence-corrected chi connectivity index (χ2v) is 6.33. The number of fused-ring (bicyclic) bond motifs is 1. The maximum Gasteiger partial charge on any atom is 0.259 e. The molecule has 25 heavy (non-hydrogen) atoms. The summed E-state index contributed by atoms with van der Waals surface area (Å²) in [5.41, 5.74) is 2.77. The number of aromatic nitrogens is 2. The number of hydrogen-bond acceptors (Lipinski definition) is 6. The van der Waals surface area contributed by atoms with Crippen molar-refractivity contribution in [3.8, 4) is 11.3 Å². The van der Waals surface area contributed by atoms with E-state index in [1.807, 2.05) is 26.8 Å². The van der Waals surface area contributed by atoms with Crippen molar-refractivity contribution in [2.75, 3.05) is 13.2 Å². The molecule has 0 saturated heterocycles. The number of carbonyl (C=O) groups is 1. The lowest BCUT2D eigenvalue weighted by Gasteiger charge is -2.11. The number of aliphatic hydroxyl groups excluding tert-OH is 1. The van der Waals surface area contributed by atoms with E-state index in [2.05, 4.69) is 15.5 Å². The molecule has 0 spiro atoms. The molecule has 7 nitrogen and oxygen atoms in total. The first-order chi connectivity index (χ1) is 11.9. The zero-order chi connectivity index (χ0) is 18.1. The molecule has 1 amide bonds. The molecule has 0 aromatic carbocycles. The quantitative estimate of drug-likeness (QED) is 0.738. The van der Waals surface area contributed by atoms with Crippen molar-refractivity contribution in [2.45, 2.75) is 27.7 Å². The van der Waals surface area contributed by atoms with E-state index in [-0.39, 0.29) is 18.4 Å². The molecule has 3 rings (SSSR count). The zero-order valence-corrected chi connectivity index (χ0v) is 14.7. The highest BCUT2D eigenvalue weighted by atomic mass is 16.5. The molecule has 0 aliphatic heterocycles. The molecule has 3 heterocycles. The number of nitrogens with zero attached hydrogens (tertiary/aromatic N) is 2. The lowest BCUT2D eigenvalue weighted by Crippen LogP contribution is -2.29. The van der Waals surface area contributed by atoms with E-state index in [1.165, 1.54) is 0 Å². The number of pyridine rings is 1. The fraction of sp³-hybridized carbons (Fsp3) is 0.389. The van der Waals surface area contributed by atoms with Crippen LogP contribution in [0.1, 0.15) is 34.5 Å². The Morgan fingerprint density at radius 1 is 1.32 bits per heavy atom. The Balaban J connectivity index is 2.08. The summed E-state index contributed by atoms with van der Waals surface area (Å²) in [6.07, 6.45) is 0. The fourth-order valence-electron chi connectivity index (χ4n) is 2.72. The number of rotatable bonds is 5. The summed E-state index contributed by atoms with van der Waals surface area (Å²) in [5.74, 6) is 1.22. The first-order valence-corrected chi connectivity index (χ1v) is 8.14. The molecule has 0 saturated carbocycles. The van der Waals surface area contributed by atoms with Gasteiger partial charge in [-0.3, -0.25) is 4.79 Å². The molecule has 3 aromatic rings. The lowest BCUT2D eigenvalue weighted by molar-refractivity contribution is 0.0944. The van der Waals surface area contributed by atoms with Gasteiger partial charge in [0.15, 0.2) is 0 Å². The van der Waals surface area contributed by atoms with Gasteiger partial charge >= 0.3 is 0 Å². The van der Waals surface area contributed by atoms with Crippen molar-refractivity contribution in [3.63, 3.8) is 0 Å². The third-order valence-electron chi connectivity index (χ3n) is 4.10. The van der Waals surface area contributed by atoms with Crippen LogP contribution < -0.4 is 5.32 Å². The number of carbonyl (C=O) groups excluding carboxylic acids is 1. The SMILES string of the molecule is Cc1cc(-c2cc(C(=O)NCC(C)CO)c3c(C)noc3n2)c(C)o1. The van der Waals surface area contributed by atoms with Gasteiger partial charge in [0, 0.05) is 18.7 Å². The number of hydrogen-bond donors (Lipinski definition) is 2. The molecule has 0 aliphatic rings. The summed E-state index contributed by atoms with van der Waals surface area (Å²) in [4.78, 5) is 17.2. The molecule has 132 valence electrons. The van der Waals surface area contributed by atoms with Crippen LogP contribution in [0.4, 0.5) is 0 Å². The highest BCUT2D eigenvalue weighted by Crippen LogP contribution is 2.30. The topological polar surface area (TPSA) is 101 Å². The van der Waals surface area contributed by atoms with E-state index in [1.54, 1.807) is 13.0 Å². The van der Waals surface area contributed by atoms with E-state index in [0.717, 1.165) is 17.1 Å². The monoisotopic (exact) mass is 343 g/mol. The van der Waals surface area contributed by atoms with Gasteiger partial charge in [-0.2, -0.15) is 0 Å². The van der Waals surface area contributed by atoms with Crippen molar-refractivity contribution in [1.82, 2.24) is 15.5 Å². The normalized spacial score (nSPS) is 12.5. The van der Waals surface area contributed by atoms with Crippen LogP contribution in [0.5, 0.6) is 0 Å². The maximum atomic E-state index is 12.7. The van der Waals surface area contributed by atoms with Gasteiger partial charge < -0.3 is 19.4 Å². The van der Waals surface area contributed by atoms with E-state index in [9.17, 15) is 4.79 Å². The Kier molecular flexibility index (Phi) is 4.59. The van der Waals surface area contributed by atoms with Gasteiger partial charge in [0.25, 0.3) is 11.6 Å². The Morgan fingerprint density at radius 2 is 2.08 bits per heavy atom. The average Bonchev–Trinajstić information content (AvgIpc) is 3.13. The molecule has 7 heteroatoms. The average molecular weight is 343 g/mol. The molecule has 3 aromatic heterocycles. The van der Waals surface area contributed by atoms with Crippen molar-refractivity contribution in [3.05, 3.63) is 34.9 Å². The Labute approximate surface area is 145 Å². The van der Waals surface area contributed by atoms with Crippen LogP contribution in [0, 0.1) is 26.7 Å². The molecule has 0 radical (unpaired) electrons. The zero-order valence-electron chi connectivity index (χ0n) is 14.7. The van der Waals surface area contributed by atoms with Gasteiger partial charge in [-0.05, 0) is 38.8 Å². The minimum Gasteiger partial charge on any atom is -0.466 e. The summed E-state index contributed by atoms with van der Waals surface area (Å²) >= 11 is 0. The largest absolute Gasteiger partial charge is 0.466 e. The van der Waals surface area contributed by atoms with Crippen molar-refractivity contribution in [1.29, 1.82) is 0 Å². The van der Waals surface area contributed by atoms with E-state index in [4.69, 9.17) is 14.0 Å². The molecular weight excluding hydrogens is 322 g/mol. The number of aliphatic hydroxyl groups is 1. The molecule has 2 N–H and O–H groups in total. The summed E-state index contributed by atoms with van der Waals surface area (Å²) in [5, 5.41) is 16.5. The van der Waals surface area contributed by atoms with Gasteiger partial charge in [-0.25, -0.2) is 4.98 Å². The number of aryl methyl sites for hydroxylation is 3. The predicted molar refractivity (Wildman–Crippen MR) is 92.3 cm³/mol. The summed E-state index contributed by atoms with van der Waals surface area (Å²) in [6.45, 7) is 7.73. The molecular formula is C18H21N3O4. The van der Waals surface area contributed by atoms with E-state index < -0.39 is 0 Å². The highest BCUT2D eigenvalue weighted by Gasteiger charge is 2.21. The fourth-order valence-corrected chi connectivity index (χ4v) is 2.72. The number of amides is 1. The Bertz CT molecular complexity index is 926. The van der Waals surface area contributed by atoms with Crippen LogP contribution >= 0.6 is 0 Å². The van der Waals surface area contributed by atoms with Gasteiger partial charge in [0.2, 0.25) is 0 Å². The number of furan rings is 1. The van der Waals surface area contributed by atoms with Crippen LogP contribution in [0.2, 0.25) is 0 Å². The van der Waals surface area contributed by atoms with Crippen molar-refractivity contribution < 1.29 is 18.8 Å². The van der Waals surface area contributed by atoms with Gasteiger partial charge in [-0.15, -0.1) is 0 Å². The standard InChI is InChI=1S/C18H21N3O4/c1-9(8-22)7-19-17(23)14-6-15(13-5-10(2)24-12(13)4)20-18-16(14)11(3)21-25-18/h5-6,9,22H,7-8H2,1-4H3,(H,19,23). The van der Waals surface area contributed by atoms with Crippen LogP contribution in [0.3, 0.4) is 0 Å². The van der Waals surface area contributed by atoms with Crippen LogP contribution in [0.15, 0.2) is 21.1 Å². The first kappa shape index (κ1) is 17.2. The lowest BCUT2D eigenvalue weighted by atomic mass is 10.0. The molecule has 1 atom stereocenters. The Hall–Kier alpha value is -2.67. The molecule has 0 fully saturated rings. The first-order valence-electron chi connectivity index (χ1n) is 8.14. The third-order valence-corrected chi connectivity index (χ3v) is 4.10. The van der Waals surface area contributed by atoms with Crippen LogP contribution in [0.25, 0.3) is 22.4 Å². The molecule has 1 unspecified atom stereocenters. The Morgan fingerprint density at radius 3 is 2.72 bits per heavy atom. The predicted octanol–water partition coefficient (Wildman–Crippen LogP) is 2.77. The van der Waals surface area contributed by atoms with Gasteiger partial charge in [-0.1, -0.05) is 12.1 Å². The highest BCUT2D eigenvalue weighted by molar-refractivity contribution is 6.07. The van der Waals surface area contributed by atoms with Gasteiger partial charge in [0.05, 0.1) is 22.3 Å². The molecule has 0 aliphatic carbocycles. The van der Waals surface area contributed by atoms with Crippen molar-refractivity contribution in [2.24, 2.45) is 5.92 Å². The minimum absolute atomic E-state index is 0.0110.